The minimum Gasteiger partial charge on any atom is -0.458 e. The monoisotopic (exact) mass is 536 g/mol. The Labute approximate surface area is 226 Å². The van der Waals surface area contributed by atoms with Crippen LogP contribution < -0.4 is 25.6 Å². The van der Waals surface area contributed by atoms with Gasteiger partial charge in [-0.05, 0) is 51.0 Å². The summed E-state index contributed by atoms with van der Waals surface area (Å²) in [5.41, 5.74) is 2.13. The van der Waals surface area contributed by atoms with E-state index in [-0.39, 0.29) is 23.5 Å². The van der Waals surface area contributed by atoms with Crippen LogP contribution in [0.4, 0.5) is 10.1 Å². The highest BCUT2D eigenvalue weighted by atomic mass is 19.1. The van der Waals surface area contributed by atoms with Crippen molar-refractivity contribution in [2.75, 3.05) is 38.3 Å². The third-order valence-corrected chi connectivity index (χ3v) is 6.96. The maximum Gasteiger partial charge on any atom is 0.317 e. The summed E-state index contributed by atoms with van der Waals surface area (Å²) in [7, 11) is 1.79. The molecule has 206 valence electrons. The van der Waals surface area contributed by atoms with Crippen molar-refractivity contribution in [1.82, 2.24) is 20.6 Å². The van der Waals surface area contributed by atoms with Crippen LogP contribution in [0, 0.1) is 5.41 Å². The minimum absolute atomic E-state index is 0.150. The molecule has 0 saturated carbocycles. The molecule has 2 saturated heterocycles. The predicted octanol–water partition coefficient (Wildman–Crippen LogP) is 1.95. The lowest BCUT2D eigenvalue weighted by Gasteiger charge is -2.38. The maximum atomic E-state index is 14.4. The molecule has 3 heterocycles. The van der Waals surface area contributed by atoms with Gasteiger partial charge in [-0.2, -0.15) is 4.98 Å². The molecule has 2 aliphatic heterocycles. The first-order chi connectivity index (χ1) is 18.8. The van der Waals surface area contributed by atoms with Gasteiger partial charge in [-0.3, -0.25) is 10.2 Å². The Morgan fingerprint density at radius 3 is 2.82 bits per heavy atom. The zero-order chi connectivity index (χ0) is 27.5. The van der Waals surface area contributed by atoms with Gasteiger partial charge in [0.1, 0.15) is 18.0 Å². The van der Waals surface area contributed by atoms with Gasteiger partial charge in [-0.15, -0.1) is 0 Å². The van der Waals surface area contributed by atoms with E-state index in [0.717, 1.165) is 43.1 Å². The number of anilines is 1. The lowest BCUT2D eigenvalue weighted by Crippen LogP contribution is -2.73. The molecule has 11 heteroatoms. The first-order valence-corrected chi connectivity index (χ1v) is 13.4. The van der Waals surface area contributed by atoms with Crippen molar-refractivity contribution >= 4 is 28.2 Å². The fourth-order valence-electron chi connectivity index (χ4n) is 5.29. The summed E-state index contributed by atoms with van der Waals surface area (Å²) in [4.78, 5) is 25.0. The number of aromatic nitrogens is 2. The van der Waals surface area contributed by atoms with Crippen LogP contribution in [-0.4, -0.2) is 73.1 Å². The Morgan fingerprint density at radius 1 is 1.31 bits per heavy atom. The van der Waals surface area contributed by atoms with Gasteiger partial charge in [-0.25, -0.2) is 9.37 Å². The van der Waals surface area contributed by atoms with Crippen LogP contribution in [0.3, 0.4) is 0 Å². The van der Waals surface area contributed by atoms with E-state index >= 15 is 0 Å². The molecule has 1 aromatic heterocycles. The van der Waals surface area contributed by atoms with Gasteiger partial charge >= 0.3 is 6.01 Å². The predicted molar refractivity (Wildman–Crippen MR) is 147 cm³/mol. The molecule has 2 unspecified atom stereocenters. The molecule has 0 bridgehead atoms. The number of amides is 1. The molecule has 5 N–H and O–H groups in total. The molecule has 5 rings (SSSR count). The van der Waals surface area contributed by atoms with Crippen LogP contribution in [0.2, 0.25) is 0 Å². The van der Waals surface area contributed by atoms with E-state index in [1.54, 1.807) is 36.9 Å². The summed E-state index contributed by atoms with van der Waals surface area (Å²) in [6.07, 6.45) is 7.67. The molecule has 2 fully saturated rings. The molecule has 1 amide bonds. The molecule has 0 spiro atoms. The van der Waals surface area contributed by atoms with E-state index in [1.807, 2.05) is 6.07 Å². The van der Waals surface area contributed by atoms with Crippen molar-refractivity contribution in [3.63, 3.8) is 0 Å². The number of allylic oxidation sites excluding steroid dienone is 4. The van der Waals surface area contributed by atoms with Gasteiger partial charge in [-0.1, -0.05) is 0 Å². The van der Waals surface area contributed by atoms with Crippen LogP contribution in [0.5, 0.6) is 6.01 Å². The maximum absolute atomic E-state index is 14.4. The van der Waals surface area contributed by atoms with E-state index in [9.17, 15) is 9.18 Å². The number of carbonyl (C=O) groups is 1. The number of fused-ring (bicyclic) bond motifs is 1. The second-order valence-electron chi connectivity index (χ2n) is 10.3. The van der Waals surface area contributed by atoms with Crippen molar-refractivity contribution in [1.29, 1.82) is 5.41 Å². The Balaban J connectivity index is 1.51. The van der Waals surface area contributed by atoms with E-state index in [2.05, 4.69) is 34.4 Å². The quantitative estimate of drug-likeness (QED) is 0.444. The van der Waals surface area contributed by atoms with Crippen molar-refractivity contribution in [2.45, 2.75) is 44.9 Å². The van der Waals surface area contributed by atoms with E-state index in [0.29, 0.717) is 42.0 Å². The molecule has 0 radical (unpaired) electrons. The zero-order valence-electron chi connectivity index (χ0n) is 22.5. The average molecular weight is 537 g/mol. The highest BCUT2D eigenvalue weighted by Gasteiger charge is 2.26. The summed E-state index contributed by atoms with van der Waals surface area (Å²) >= 11 is 0. The minimum atomic E-state index is -0.712. The first-order valence-electron chi connectivity index (χ1n) is 13.4. The van der Waals surface area contributed by atoms with Crippen LogP contribution in [0.15, 0.2) is 53.8 Å². The summed E-state index contributed by atoms with van der Waals surface area (Å²) in [5, 5.41) is 16.7. The number of hydrogen-bond acceptors (Lipinski definition) is 8. The van der Waals surface area contributed by atoms with Crippen molar-refractivity contribution < 1.29 is 24.0 Å². The number of benzene rings is 1. The number of nitrogens with zero attached hydrogens (tertiary/aromatic N) is 3. The van der Waals surface area contributed by atoms with Crippen LogP contribution in [-0.2, 0) is 4.74 Å². The van der Waals surface area contributed by atoms with Gasteiger partial charge in [0.05, 0.1) is 30.3 Å². The topological polar surface area (TPSA) is 129 Å². The highest BCUT2D eigenvalue weighted by molar-refractivity contribution is 6.13. The second kappa shape index (κ2) is 11.6. The molecule has 10 nitrogen and oxygen atoms in total. The lowest BCUT2D eigenvalue weighted by atomic mass is 10.0. The van der Waals surface area contributed by atoms with E-state index in [1.165, 1.54) is 0 Å². The largest absolute Gasteiger partial charge is 0.458 e. The number of quaternary nitrogens is 1. The Bertz CT molecular complexity index is 1360. The number of hydrogen-bond donors (Lipinski definition) is 4. The summed E-state index contributed by atoms with van der Waals surface area (Å²) < 4.78 is 26.0. The third-order valence-electron chi connectivity index (χ3n) is 6.96. The van der Waals surface area contributed by atoms with Gasteiger partial charge in [0.15, 0.2) is 5.83 Å². The number of piperazine rings is 1. The average Bonchev–Trinajstić information content (AvgIpc) is 2.91. The zero-order valence-corrected chi connectivity index (χ0v) is 22.5. The van der Waals surface area contributed by atoms with Gasteiger partial charge in [0.25, 0.3) is 5.91 Å². The summed E-state index contributed by atoms with van der Waals surface area (Å²) in [6, 6.07) is 4.43. The summed E-state index contributed by atoms with van der Waals surface area (Å²) in [5.74, 6) is -1.15. The molecule has 3 atom stereocenters. The van der Waals surface area contributed by atoms with Gasteiger partial charge in [0, 0.05) is 54.7 Å². The van der Waals surface area contributed by atoms with E-state index in [4.69, 9.17) is 19.9 Å². The van der Waals surface area contributed by atoms with Crippen LogP contribution in [0.1, 0.15) is 37.0 Å². The van der Waals surface area contributed by atoms with Gasteiger partial charge < -0.3 is 30.3 Å². The van der Waals surface area contributed by atoms with Crippen LogP contribution >= 0.6 is 0 Å². The van der Waals surface area contributed by atoms with Crippen LogP contribution in [0.25, 0.3) is 10.9 Å². The fourth-order valence-corrected chi connectivity index (χ4v) is 5.29. The molecular formula is C28H35FN7O3+. The molecule has 2 aromatic rings. The Hall–Kier alpha value is -3.67. The number of ether oxygens (including phenoxy) is 2. The lowest BCUT2D eigenvalue weighted by molar-refractivity contribution is -0.556. The first kappa shape index (κ1) is 26.9. The molecule has 1 aliphatic carbocycles. The highest BCUT2D eigenvalue weighted by Crippen LogP contribution is 2.31. The second-order valence-corrected chi connectivity index (χ2v) is 10.3. The van der Waals surface area contributed by atoms with Crippen molar-refractivity contribution in [3.8, 4) is 6.01 Å². The van der Waals surface area contributed by atoms with Crippen molar-refractivity contribution in [3.05, 3.63) is 59.3 Å². The molecular weight excluding hydrogens is 501 g/mol. The number of carbonyl (C=O) groups excluding carboxylic acids is 1. The molecule has 1 aromatic carbocycles. The van der Waals surface area contributed by atoms with Gasteiger partial charge in [0.2, 0.25) is 0 Å². The summed E-state index contributed by atoms with van der Waals surface area (Å²) in [6.45, 7) is 7.07. The fraction of sp³-hybridized carbons (Fsp3) is 0.429. The van der Waals surface area contributed by atoms with E-state index < -0.39 is 11.7 Å². The Morgan fingerprint density at radius 2 is 2.10 bits per heavy atom. The number of nitrogens with two attached hydrogens (primary N) is 1. The normalized spacial score (nSPS) is 24.9. The standard InChI is InChI=1S/C28H34FN7O3/c1-16-13-36(14-17(2)33-16)24-7-6-21(27(37)34-19-9-18(11-31-3)25(30)23(29)10-19)26-22(24)12-32-28(35-26)39-20-5-4-8-38-15-20/h6-7,9-12,16-17,20,30-31,33H,4-5,8,13-15H2,1-3H3,(H,34,37)/p+1/b18-11-,30-25?/t16-,17?,20?/m1/s1. The number of halogens is 1. The molecule has 3 aliphatic rings. The molecule has 39 heavy (non-hydrogen) atoms. The number of rotatable bonds is 6. The smallest absolute Gasteiger partial charge is 0.317 e. The Kier molecular flexibility index (Phi) is 8.01. The van der Waals surface area contributed by atoms with Crippen molar-refractivity contribution in [2.24, 2.45) is 0 Å². The SMILES string of the molecule is C[NH2+]/C=C1/C=C(NC(=O)c2ccc(N3CC(C)N[C@H](C)C3)c3cnc(OC4CCCOC4)nc23)C=C(F)C1=N. The number of nitrogens with one attached hydrogen (secondary N) is 3. The third kappa shape index (κ3) is 6.00.